The first-order chi connectivity index (χ1) is 17.1. The molecule has 0 saturated carbocycles. The van der Waals surface area contributed by atoms with E-state index in [4.69, 9.17) is 0 Å². The quantitative estimate of drug-likeness (QED) is 0.144. The molecule has 1 aromatic rings. The van der Waals surface area contributed by atoms with Crippen molar-refractivity contribution in [2.45, 2.75) is 175 Å². The lowest BCUT2D eigenvalue weighted by molar-refractivity contribution is 0.162. The largest absolute Gasteiger partial charge is 0.388 e. The molecule has 1 aromatic carbocycles. The molecule has 0 aromatic heterocycles. The van der Waals surface area contributed by atoms with Crippen LogP contribution in [0.2, 0.25) is 0 Å². The van der Waals surface area contributed by atoms with Gasteiger partial charge in [0.15, 0.2) is 0 Å². The van der Waals surface area contributed by atoms with E-state index in [0.29, 0.717) is 0 Å². The van der Waals surface area contributed by atoms with Crippen LogP contribution in [0.15, 0.2) is 18.2 Å². The Morgan fingerprint density at radius 2 is 1.06 bits per heavy atom. The van der Waals surface area contributed by atoms with Crippen molar-refractivity contribution in [2.24, 2.45) is 5.92 Å². The van der Waals surface area contributed by atoms with Gasteiger partial charge in [0.1, 0.15) is 0 Å². The lowest BCUT2D eigenvalue weighted by Crippen LogP contribution is -2.06. The zero-order valence-corrected chi connectivity index (χ0v) is 24.4. The van der Waals surface area contributed by atoms with Crippen molar-refractivity contribution in [3.8, 4) is 0 Å². The molecule has 0 amide bonds. The molecular weight excluding hydrogens is 424 g/mol. The molecule has 0 fully saturated rings. The van der Waals surface area contributed by atoms with Gasteiger partial charge in [0.25, 0.3) is 0 Å². The molecule has 0 aliphatic carbocycles. The van der Waals surface area contributed by atoms with Crippen LogP contribution in [0.25, 0.3) is 0 Å². The minimum absolute atomic E-state index is 0.284. The van der Waals surface area contributed by atoms with Gasteiger partial charge in [-0.3, -0.25) is 0 Å². The molecule has 1 nitrogen and oxygen atoms in total. The van der Waals surface area contributed by atoms with Crippen LogP contribution >= 0.6 is 0 Å². The maximum atomic E-state index is 11.2. The SMILES string of the molecule is CCCCCCCCCc1cccc(C(O)CCCCCCC(C)C)c1CCCCCCCCC. The van der Waals surface area contributed by atoms with Crippen molar-refractivity contribution in [2.75, 3.05) is 0 Å². The fourth-order valence-corrected chi connectivity index (χ4v) is 5.44. The highest BCUT2D eigenvalue weighted by molar-refractivity contribution is 5.37. The summed E-state index contributed by atoms with van der Waals surface area (Å²) in [7, 11) is 0. The summed E-state index contributed by atoms with van der Waals surface area (Å²) in [4.78, 5) is 0. The van der Waals surface area contributed by atoms with Gasteiger partial charge in [0.2, 0.25) is 0 Å². The summed E-state index contributed by atoms with van der Waals surface area (Å²) in [5, 5.41) is 11.2. The van der Waals surface area contributed by atoms with Gasteiger partial charge in [-0.1, -0.05) is 155 Å². The molecule has 0 aliphatic heterocycles. The summed E-state index contributed by atoms with van der Waals surface area (Å²) in [5.74, 6) is 0.814. The van der Waals surface area contributed by atoms with Crippen molar-refractivity contribution in [3.63, 3.8) is 0 Å². The van der Waals surface area contributed by atoms with Crippen LogP contribution in [0.3, 0.4) is 0 Å². The van der Waals surface area contributed by atoms with Crippen LogP contribution in [-0.4, -0.2) is 5.11 Å². The standard InChI is InChI=1S/C34H62O/c1-5-7-9-11-13-15-20-25-31-26-23-28-33(32(31)27-21-16-14-12-10-8-6-2)34(35)29-22-18-17-19-24-30(3)4/h23,26,28,30,34-35H,5-22,24-25,27,29H2,1-4H3. The Morgan fingerprint density at radius 3 is 1.63 bits per heavy atom. The van der Waals surface area contributed by atoms with Crippen molar-refractivity contribution in [1.82, 2.24) is 0 Å². The minimum Gasteiger partial charge on any atom is -0.388 e. The molecule has 35 heavy (non-hydrogen) atoms. The van der Waals surface area contributed by atoms with Gasteiger partial charge in [-0.25, -0.2) is 0 Å². The molecule has 1 heteroatoms. The molecule has 0 bridgehead atoms. The smallest absolute Gasteiger partial charge is 0.0792 e. The van der Waals surface area contributed by atoms with Crippen molar-refractivity contribution < 1.29 is 5.11 Å². The molecule has 1 N–H and O–H groups in total. The number of rotatable bonds is 24. The Bertz CT molecular complexity index is 590. The maximum absolute atomic E-state index is 11.2. The molecule has 0 aliphatic rings. The van der Waals surface area contributed by atoms with E-state index in [0.717, 1.165) is 25.2 Å². The van der Waals surface area contributed by atoms with Crippen LogP contribution in [0.5, 0.6) is 0 Å². The summed E-state index contributed by atoms with van der Waals surface area (Å²) < 4.78 is 0. The van der Waals surface area contributed by atoms with E-state index in [1.54, 1.807) is 0 Å². The zero-order chi connectivity index (χ0) is 25.6. The molecule has 0 spiro atoms. The second-order valence-corrected chi connectivity index (χ2v) is 11.6. The average Bonchev–Trinajstić information content (AvgIpc) is 2.85. The summed E-state index contributed by atoms with van der Waals surface area (Å²) in [6, 6.07) is 6.80. The fourth-order valence-electron chi connectivity index (χ4n) is 5.44. The summed E-state index contributed by atoms with van der Waals surface area (Å²) in [6.07, 6.45) is 28.4. The zero-order valence-electron chi connectivity index (χ0n) is 24.4. The third-order valence-electron chi connectivity index (χ3n) is 7.76. The Kier molecular flexibility index (Phi) is 20.6. The number of hydrogen-bond acceptors (Lipinski definition) is 1. The number of aryl methyl sites for hydroxylation is 1. The summed E-state index contributed by atoms with van der Waals surface area (Å²) in [5.41, 5.74) is 4.27. The fraction of sp³-hybridized carbons (Fsp3) is 0.824. The number of unbranched alkanes of at least 4 members (excludes halogenated alkanes) is 15. The first-order valence-corrected chi connectivity index (χ1v) is 15.9. The Morgan fingerprint density at radius 1 is 0.571 bits per heavy atom. The highest BCUT2D eigenvalue weighted by Crippen LogP contribution is 2.29. The first kappa shape index (κ1) is 32.2. The van der Waals surface area contributed by atoms with E-state index < -0.39 is 0 Å². The molecule has 1 unspecified atom stereocenters. The van der Waals surface area contributed by atoms with Crippen molar-refractivity contribution in [3.05, 3.63) is 34.9 Å². The number of hydrogen-bond donors (Lipinski definition) is 1. The van der Waals surface area contributed by atoms with E-state index in [9.17, 15) is 5.11 Å². The van der Waals surface area contributed by atoms with Gasteiger partial charge < -0.3 is 5.11 Å². The lowest BCUT2D eigenvalue weighted by atomic mass is 9.88. The third kappa shape index (κ3) is 16.5. The molecule has 1 rings (SSSR count). The van der Waals surface area contributed by atoms with Gasteiger partial charge in [0, 0.05) is 0 Å². The van der Waals surface area contributed by atoms with Gasteiger partial charge in [0.05, 0.1) is 6.10 Å². The van der Waals surface area contributed by atoms with E-state index >= 15 is 0 Å². The van der Waals surface area contributed by atoms with E-state index in [1.807, 2.05) is 0 Å². The minimum atomic E-state index is -0.284. The monoisotopic (exact) mass is 486 g/mol. The van der Waals surface area contributed by atoms with Crippen molar-refractivity contribution >= 4 is 0 Å². The van der Waals surface area contributed by atoms with Crippen LogP contribution in [0.1, 0.15) is 179 Å². The van der Waals surface area contributed by atoms with Gasteiger partial charge >= 0.3 is 0 Å². The highest BCUT2D eigenvalue weighted by Gasteiger charge is 2.15. The van der Waals surface area contributed by atoms with Crippen LogP contribution in [-0.2, 0) is 12.8 Å². The normalized spacial score (nSPS) is 12.5. The van der Waals surface area contributed by atoms with Crippen LogP contribution < -0.4 is 0 Å². The molecule has 0 radical (unpaired) electrons. The van der Waals surface area contributed by atoms with Crippen molar-refractivity contribution in [1.29, 1.82) is 0 Å². The molecule has 1 atom stereocenters. The highest BCUT2D eigenvalue weighted by atomic mass is 16.3. The molecule has 0 heterocycles. The first-order valence-electron chi connectivity index (χ1n) is 15.9. The average molecular weight is 487 g/mol. The molecule has 204 valence electrons. The number of benzene rings is 1. The topological polar surface area (TPSA) is 20.2 Å². The maximum Gasteiger partial charge on any atom is 0.0792 e. The third-order valence-corrected chi connectivity index (χ3v) is 7.76. The Hall–Kier alpha value is -0.820. The predicted molar refractivity (Wildman–Crippen MR) is 157 cm³/mol. The lowest BCUT2D eigenvalue weighted by Gasteiger charge is -2.20. The van der Waals surface area contributed by atoms with Gasteiger partial charge in [-0.05, 0) is 54.7 Å². The number of aliphatic hydroxyl groups is 1. The second kappa shape index (κ2) is 22.4. The van der Waals surface area contributed by atoms with Crippen LogP contribution in [0.4, 0.5) is 0 Å². The van der Waals surface area contributed by atoms with E-state index in [1.165, 1.54) is 139 Å². The van der Waals surface area contributed by atoms with Gasteiger partial charge in [-0.2, -0.15) is 0 Å². The predicted octanol–water partition coefficient (Wildman–Crippen LogP) is 11.3. The summed E-state index contributed by atoms with van der Waals surface area (Å²) in [6.45, 7) is 9.22. The second-order valence-electron chi connectivity index (χ2n) is 11.6. The molecule has 0 saturated heterocycles. The molecular formula is C34H62O. The van der Waals surface area contributed by atoms with Gasteiger partial charge in [-0.15, -0.1) is 0 Å². The van der Waals surface area contributed by atoms with E-state index in [-0.39, 0.29) is 6.10 Å². The Labute approximate surface area is 220 Å². The number of aliphatic hydroxyl groups excluding tert-OH is 1. The Balaban J connectivity index is 2.61. The van der Waals surface area contributed by atoms with Crippen LogP contribution in [0, 0.1) is 5.92 Å². The van der Waals surface area contributed by atoms with E-state index in [2.05, 4.69) is 45.9 Å². The summed E-state index contributed by atoms with van der Waals surface area (Å²) >= 11 is 0.